The molecule has 0 saturated heterocycles. The molecule has 3 unspecified atom stereocenters. The van der Waals surface area contributed by atoms with Crippen molar-refractivity contribution in [2.24, 2.45) is 0 Å². The molecule has 21 heavy (non-hydrogen) atoms. The quantitative estimate of drug-likeness (QED) is 0.873. The number of rotatable bonds is 5. The van der Waals surface area contributed by atoms with Crippen LogP contribution in [0.2, 0.25) is 0 Å². The molecule has 116 valence electrons. The third-order valence-electron chi connectivity index (χ3n) is 4.31. The van der Waals surface area contributed by atoms with Gasteiger partial charge in [0.05, 0.1) is 12.5 Å². The summed E-state index contributed by atoms with van der Waals surface area (Å²) in [5.74, 6) is -0.0595. The van der Waals surface area contributed by atoms with Gasteiger partial charge < -0.3 is 15.3 Å². The van der Waals surface area contributed by atoms with Gasteiger partial charge in [-0.05, 0) is 45.3 Å². The van der Waals surface area contributed by atoms with Crippen LogP contribution < -0.4 is 5.32 Å². The molecule has 2 rings (SSSR count). The SMILES string of the molecule is CN(C)C1CCCC(NC(=O)CC(O)c2ccccc2)C1. The number of amides is 1. The van der Waals surface area contributed by atoms with Crippen molar-refractivity contribution >= 4 is 5.91 Å². The van der Waals surface area contributed by atoms with Crippen LogP contribution in [0.25, 0.3) is 0 Å². The Hall–Kier alpha value is -1.39. The number of benzene rings is 1. The number of hydrogen-bond donors (Lipinski definition) is 2. The summed E-state index contributed by atoms with van der Waals surface area (Å²) < 4.78 is 0. The average molecular weight is 290 g/mol. The number of nitrogens with one attached hydrogen (secondary N) is 1. The van der Waals surface area contributed by atoms with Crippen LogP contribution in [0.1, 0.15) is 43.8 Å². The van der Waals surface area contributed by atoms with E-state index >= 15 is 0 Å². The van der Waals surface area contributed by atoms with Crippen LogP contribution in [0.3, 0.4) is 0 Å². The van der Waals surface area contributed by atoms with Crippen LogP contribution in [0.4, 0.5) is 0 Å². The van der Waals surface area contributed by atoms with Crippen molar-refractivity contribution in [1.82, 2.24) is 10.2 Å². The lowest BCUT2D eigenvalue weighted by Gasteiger charge is -2.33. The van der Waals surface area contributed by atoms with Gasteiger partial charge in [0, 0.05) is 12.1 Å². The van der Waals surface area contributed by atoms with E-state index in [1.807, 2.05) is 30.3 Å². The summed E-state index contributed by atoms with van der Waals surface area (Å²) in [7, 11) is 4.18. The van der Waals surface area contributed by atoms with Gasteiger partial charge in [-0.15, -0.1) is 0 Å². The van der Waals surface area contributed by atoms with Crippen LogP contribution in [-0.2, 0) is 4.79 Å². The Labute approximate surface area is 127 Å². The maximum Gasteiger partial charge on any atom is 0.223 e. The lowest BCUT2D eigenvalue weighted by Crippen LogP contribution is -2.44. The molecule has 0 spiro atoms. The van der Waals surface area contributed by atoms with E-state index in [-0.39, 0.29) is 18.4 Å². The Morgan fingerprint density at radius 2 is 2.05 bits per heavy atom. The number of hydrogen-bond acceptors (Lipinski definition) is 3. The number of carbonyl (C=O) groups is 1. The summed E-state index contributed by atoms with van der Waals surface area (Å²) in [5, 5.41) is 13.2. The minimum Gasteiger partial charge on any atom is -0.388 e. The number of aliphatic hydroxyl groups excluding tert-OH is 1. The first-order valence-corrected chi connectivity index (χ1v) is 7.75. The maximum atomic E-state index is 12.1. The van der Waals surface area contributed by atoms with Crippen LogP contribution in [-0.4, -0.2) is 42.1 Å². The van der Waals surface area contributed by atoms with Crippen LogP contribution in [0.15, 0.2) is 30.3 Å². The van der Waals surface area contributed by atoms with E-state index in [4.69, 9.17) is 0 Å². The molecule has 0 radical (unpaired) electrons. The van der Waals surface area contributed by atoms with Crippen LogP contribution in [0, 0.1) is 0 Å². The predicted octanol–water partition coefficient (Wildman–Crippen LogP) is 2.10. The molecule has 1 aromatic rings. The third kappa shape index (κ3) is 4.83. The van der Waals surface area contributed by atoms with Gasteiger partial charge >= 0.3 is 0 Å². The fourth-order valence-corrected chi connectivity index (χ4v) is 3.02. The second kappa shape index (κ2) is 7.57. The minimum atomic E-state index is -0.723. The molecule has 2 N–H and O–H groups in total. The molecule has 4 heteroatoms. The zero-order valence-electron chi connectivity index (χ0n) is 13.0. The molecule has 1 amide bonds. The third-order valence-corrected chi connectivity index (χ3v) is 4.31. The average Bonchev–Trinajstić information content (AvgIpc) is 2.48. The molecule has 0 heterocycles. The van der Waals surface area contributed by atoms with Crippen molar-refractivity contribution in [2.45, 2.75) is 50.3 Å². The molecular weight excluding hydrogens is 264 g/mol. The highest BCUT2D eigenvalue weighted by Gasteiger charge is 2.25. The Bertz CT molecular complexity index is 447. The standard InChI is InChI=1S/C17H26N2O2/c1-19(2)15-10-6-9-14(11-15)18-17(21)12-16(20)13-7-4-3-5-8-13/h3-5,7-8,14-16,20H,6,9-12H2,1-2H3,(H,18,21). The Balaban J connectivity index is 1.81. The van der Waals surface area contributed by atoms with Gasteiger partial charge in [0.2, 0.25) is 5.91 Å². The summed E-state index contributed by atoms with van der Waals surface area (Å²) in [5.41, 5.74) is 0.794. The normalized spacial score (nSPS) is 23.8. The van der Waals surface area contributed by atoms with Gasteiger partial charge in [0.25, 0.3) is 0 Å². The minimum absolute atomic E-state index is 0.0595. The van der Waals surface area contributed by atoms with Gasteiger partial charge in [0.1, 0.15) is 0 Å². The Morgan fingerprint density at radius 1 is 1.33 bits per heavy atom. The van der Waals surface area contributed by atoms with Crippen molar-refractivity contribution in [3.63, 3.8) is 0 Å². The first kappa shape index (κ1) is 16.0. The summed E-state index contributed by atoms with van der Waals surface area (Å²) in [6.45, 7) is 0. The summed E-state index contributed by atoms with van der Waals surface area (Å²) in [6.07, 6.45) is 3.80. The van der Waals surface area contributed by atoms with E-state index in [2.05, 4.69) is 24.3 Å². The molecule has 0 bridgehead atoms. The molecule has 1 aliphatic rings. The van der Waals surface area contributed by atoms with Crippen LogP contribution >= 0.6 is 0 Å². The fraction of sp³-hybridized carbons (Fsp3) is 0.588. The molecule has 1 aromatic carbocycles. The van der Waals surface area contributed by atoms with Gasteiger partial charge in [-0.1, -0.05) is 30.3 Å². The number of nitrogens with zero attached hydrogens (tertiary/aromatic N) is 1. The topological polar surface area (TPSA) is 52.6 Å². The zero-order valence-corrected chi connectivity index (χ0v) is 13.0. The molecule has 0 aliphatic heterocycles. The molecule has 4 nitrogen and oxygen atoms in total. The highest BCUT2D eigenvalue weighted by Crippen LogP contribution is 2.22. The summed E-state index contributed by atoms with van der Waals surface area (Å²) >= 11 is 0. The van der Waals surface area contributed by atoms with Gasteiger partial charge in [-0.2, -0.15) is 0 Å². The lowest BCUT2D eigenvalue weighted by molar-refractivity contribution is -0.124. The highest BCUT2D eigenvalue weighted by atomic mass is 16.3. The first-order chi connectivity index (χ1) is 10.1. The molecule has 1 aliphatic carbocycles. The number of carbonyl (C=O) groups excluding carboxylic acids is 1. The Morgan fingerprint density at radius 3 is 2.71 bits per heavy atom. The van der Waals surface area contributed by atoms with E-state index in [0.717, 1.165) is 24.8 Å². The molecule has 0 aromatic heterocycles. The monoisotopic (exact) mass is 290 g/mol. The Kier molecular flexibility index (Phi) is 5.76. The predicted molar refractivity (Wildman–Crippen MR) is 83.9 cm³/mol. The van der Waals surface area contributed by atoms with E-state index in [1.54, 1.807) is 0 Å². The van der Waals surface area contributed by atoms with E-state index in [1.165, 1.54) is 6.42 Å². The second-order valence-corrected chi connectivity index (χ2v) is 6.18. The van der Waals surface area contributed by atoms with Gasteiger partial charge in [0.15, 0.2) is 0 Å². The maximum absolute atomic E-state index is 12.1. The van der Waals surface area contributed by atoms with E-state index < -0.39 is 6.10 Å². The van der Waals surface area contributed by atoms with Crippen molar-refractivity contribution in [3.05, 3.63) is 35.9 Å². The van der Waals surface area contributed by atoms with Crippen molar-refractivity contribution < 1.29 is 9.90 Å². The smallest absolute Gasteiger partial charge is 0.223 e. The van der Waals surface area contributed by atoms with E-state index in [0.29, 0.717) is 6.04 Å². The van der Waals surface area contributed by atoms with Gasteiger partial charge in [-0.25, -0.2) is 0 Å². The largest absolute Gasteiger partial charge is 0.388 e. The lowest BCUT2D eigenvalue weighted by atomic mass is 9.90. The summed E-state index contributed by atoms with van der Waals surface area (Å²) in [6, 6.07) is 10.1. The first-order valence-electron chi connectivity index (χ1n) is 7.75. The van der Waals surface area contributed by atoms with Crippen molar-refractivity contribution in [2.75, 3.05) is 14.1 Å². The van der Waals surface area contributed by atoms with Crippen LogP contribution in [0.5, 0.6) is 0 Å². The molecular formula is C17H26N2O2. The zero-order chi connectivity index (χ0) is 15.2. The van der Waals surface area contributed by atoms with Gasteiger partial charge in [-0.3, -0.25) is 4.79 Å². The van der Waals surface area contributed by atoms with E-state index in [9.17, 15) is 9.90 Å². The number of aliphatic hydroxyl groups is 1. The molecule has 1 saturated carbocycles. The fourth-order valence-electron chi connectivity index (χ4n) is 3.02. The molecule has 1 fully saturated rings. The summed E-state index contributed by atoms with van der Waals surface area (Å²) in [4.78, 5) is 14.3. The van der Waals surface area contributed by atoms with Crippen molar-refractivity contribution in [1.29, 1.82) is 0 Å². The molecule has 3 atom stereocenters. The van der Waals surface area contributed by atoms with Crippen molar-refractivity contribution in [3.8, 4) is 0 Å². The second-order valence-electron chi connectivity index (χ2n) is 6.18. The highest BCUT2D eigenvalue weighted by molar-refractivity contribution is 5.77.